The Morgan fingerprint density at radius 2 is 2.08 bits per heavy atom. The number of nitrogens with one attached hydrogen (secondary N) is 1. The molecule has 0 bridgehead atoms. The number of fused-ring (bicyclic) bond motifs is 1. The molecule has 2 aromatic heterocycles. The summed E-state index contributed by atoms with van der Waals surface area (Å²) in [5.74, 6) is -0.973. The minimum absolute atomic E-state index is 0.119. The highest BCUT2D eigenvalue weighted by Crippen LogP contribution is 2.35. The largest absolute Gasteiger partial charge is 0.465 e. The summed E-state index contributed by atoms with van der Waals surface area (Å²) in [5, 5.41) is 5.61. The maximum atomic E-state index is 12.6. The Morgan fingerprint density at radius 1 is 1.27 bits per heavy atom. The molecule has 1 aromatic carbocycles. The van der Waals surface area contributed by atoms with Crippen LogP contribution in [0.2, 0.25) is 0 Å². The zero-order valence-electron chi connectivity index (χ0n) is 13.9. The van der Waals surface area contributed by atoms with Crippen molar-refractivity contribution in [1.29, 1.82) is 0 Å². The van der Waals surface area contributed by atoms with Crippen LogP contribution in [0.4, 0.5) is 5.69 Å². The van der Waals surface area contributed by atoms with Gasteiger partial charge in [0.25, 0.3) is 0 Å². The van der Waals surface area contributed by atoms with Crippen LogP contribution in [-0.4, -0.2) is 29.0 Å². The van der Waals surface area contributed by atoms with Gasteiger partial charge in [0.2, 0.25) is 5.91 Å². The van der Waals surface area contributed by atoms with Gasteiger partial charge in [-0.2, -0.15) is 0 Å². The lowest BCUT2D eigenvalue weighted by Crippen LogP contribution is -2.29. The SMILES string of the molecule is COC(=O)c1cccc2c1C[C@H](c1csc(-c3ccncc3)n1)C(=O)N2. The maximum Gasteiger partial charge on any atom is 0.338 e. The third-order valence-corrected chi connectivity index (χ3v) is 5.28. The number of amides is 1. The fourth-order valence-corrected chi connectivity index (χ4v) is 3.93. The lowest BCUT2D eigenvalue weighted by molar-refractivity contribution is -0.117. The molecule has 1 aliphatic heterocycles. The first kappa shape index (κ1) is 16.4. The van der Waals surface area contributed by atoms with Crippen LogP contribution in [-0.2, 0) is 16.0 Å². The quantitative estimate of drug-likeness (QED) is 0.721. The van der Waals surface area contributed by atoms with Crippen molar-refractivity contribution in [2.45, 2.75) is 12.3 Å². The monoisotopic (exact) mass is 365 g/mol. The summed E-state index contributed by atoms with van der Waals surface area (Å²) in [7, 11) is 1.35. The number of pyridine rings is 1. The van der Waals surface area contributed by atoms with Gasteiger partial charge in [-0.25, -0.2) is 9.78 Å². The Labute approximate surface area is 153 Å². The Kier molecular flexibility index (Phi) is 4.22. The zero-order valence-corrected chi connectivity index (χ0v) is 14.7. The van der Waals surface area contributed by atoms with Gasteiger partial charge < -0.3 is 10.1 Å². The van der Waals surface area contributed by atoms with E-state index in [2.05, 4.69) is 15.3 Å². The summed E-state index contributed by atoms with van der Waals surface area (Å²) in [6.07, 6.45) is 3.83. The van der Waals surface area contributed by atoms with Crippen LogP contribution in [0.15, 0.2) is 48.1 Å². The highest BCUT2D eigenvalue weighted by atomic mass is 32.1. The summed E-state index contributed by atoms with van der Waals surface area (Å²) in [5.41, 5.74) is 3.56. The van der Waals surface area contributed by atoms with Gasteiger partial charge in [-0.1, -0.05) is 6.07 Å². The standard InChI is InChI=1S/C19H15N3O3S/c1-25-19(24)12-3-2-4-15-13(12)9-14(17(23)21-15)16-10-26-18(22-16)11-5-7-20-8-6-11/h2-8,10,14H,9H2,1H3,(H,21,23)/t14-/m1/s1. The molecule has 3 heterocycles. The van der Waals surface area contributed by atoms with Crippen molar-refractivity contribution in [1.82, 2.24) is 9.97 Å². The summed E-state index contributed by atoms with van der Waals surface area (Å²) in [6.45, 7) is 0. The van der Waals surface area contributed by atoms with E-state index in [1.165, 1.54) is 18.4 Å². The first-order valence-corrected chi connectivity index (χ1v) is 8.92. The van der Waals surface area contributed by atoms with Crippen molar-refractivity contribution < 1.29 is 14.3 Å². The molecule has 0 unspecified atom stereocenters. The summed E-state index contributed by atoms with van der Waals surface area (Å²) in [6, 6.07) is 9.00. The predicted octanol–water partition coefficient (Wildman–Crippen LogP) is 3.27. The van der Waals surface area contributed by atoms with E-state index in [-0.39, 0.29) is 5.91 Å². The van der Waals surface area contributed by atoms with Crippen molar-refractivity contribution in [3.8, 4) is 10.6 Å². The van der Waals surface area contributed by atoms with E-state index in [1.54, 1.807) is 30.6 Å². The van der Waals surface area contributed by atoms with Crippen LogP contribution in [0.1, 0.15) is 27.5 Å². The number of carbonyl (C=O) groups excluding carboxylic acids is 2. The second-order valence-corrected chi connectivity index (χ2v) is 6.74. The number of anilines is 1. The number of hydrogen-bond acceptors (Lipinski definition) is 6. The van der Waals surface area contributed by atoms with Crippen molar-refractivity contribution >= 4 is 28.9 Å². The molecule has 0 aliphatic carbocycles. The number of ether oxygens (including phenoxy) is 1. The molecule has 0 saturated heterocycles. The Balaban J connectivity index is 1.69. The first-order valence-electron chi connectivity index (χ1n) is 8.04. The first-order chi connectivity index (χ1) is 12.7. The lowest BCUT2D eigenvalue weighted by Gasteiger charge is -2.25. The Morgan fingerprint density at radius 3 is 2.85 bits per heavy atom. The van der Waals surface area contributed by atoms with Crippen molar-refractivity contribution in [3.05, 3.63) is 64.9 Å². The molecule has 1 amide bonds. The van der Waals surface area contributed by atoms with E-state index in [0.29, 0.717) is 23.4 Å². The molecule has 0 saturated carbocycles. The smallest absolute Gasteiger partial charge is 0.338 e. The number of aromatic nitrogens is 2. The summed E-state index contributed by atoms with van der Waals surface area (Å²) in [4.78, 5) is 33.3. The maximum absolute atomic E-state index is 12.6. The van der Waals surface area contributed by atoms with E-state index >= 15 is 0 Å². The summed E-state index contributed by atoms with van der Waals surface area (Å²) >= 11 is 1.48. The van der Waals surface area contributed by atoms with Gasteiger partial charge in [0.1, 0.15) is 5.01 Å². The molecule has 3 aromatic rings. The highest BCUT2D eigenvalue weighted by Gasteiger charge is 2.32. The van der Waals surface area contributed by atoms with Crippen LogP contribution < -0.4 is 5.32 Å². The number of thiazole rings is 1. The van der Waals surface area contributed by atoms with Crippen LogP contribution in [0.3, 0.4) is 0 Å². The molecule has 7 heteroatoms. The predicted molar refractivity (Wildman–Crippen MR) is 98.2 cm³/mol. The molecule has 0 fully saturated rings. The molecular formula is C19H15N3O3S. The van der Waals surface area contributed by atoms with Gasteiger partial charge in [-0.05, 0) is 36.2 Å². The van der Waals surface area contributed by atoms with Crippen LogP contribution in [0.5, 0.6) is 0 Å². The van der Waals surface area contributed by atoms with E-state index in [1.807, 2.05) is 17.5 Å². The molecule has 1 aliphatic rings. The van der Waals surface area contributed by atoms with Crippen LogP contribution in [0.25, 0.3) is 10.6 Å². The topological polar surface area (TPSA) is 81.2 Å². The van der Waals surface area contributed by atoms with E-state index in [4.69, 9.17) is 4.74 Å². The second kappa shape index (κ2) is 6.68. The number of benzene rings is 1. The lowest BCUT2D eigenvalue weighted by atomic mass is 9.88. The van der Waals surface area contributed by atoms with Gasteiger partial charge in [0.05, 0.1) is 24.3 Å². The molecule has 130 valence electrons. The van der Waals surface area contributed by atoms with Crippen molar-refractivity contribution in [3.63, 3.8) is 0 Å². The zero-order chi connectivity index (χ0) is 18.1. The van der Waals surface area contributed by atoms with Gasteiger partial charge in [0, 0.05) is 29.0 Å². The molecule has 0 spiro atoms. The number of hydrogen-bond donors (Lipinski definition) is 1. The van der Waals surface area contributed by atoms with Crippen LogP contribution in [0, 0.1) is 0 Å². The molecule has 0 radical (unpaired) electrons. The number of carbonyl (C=O) groups is 2. The van der Waals surface area contributed by atoms with Crippen molar-refractivity contribution in [2.24, 2.45) is 0 Å². The Hall–Kier alpha value is -3.06. The van der Waals surface area contributed by atoms with Gasteiger partial charge in [-0.15, -0.1) is 11.3 Å². The average Bonchev–Trinajstić information content (AvgIpc) is 3.17. The second-order valence-electron chi connectivity index (χ2n) is 5.88. The van der Waals surface area contributed by atoms with E-state index in [9.17, 15) is 9.59 Å². The minimum atomic E-state index is -0.444. The number of rotatable bonds is 3. The third kappa shape index (κ3) is 2.86. The highest BCUT2D eigenvalue weighted by molar-refractivity contribution is 7.13. The van der Waals surface area contributed by atoms with E-state index < -0.39 is 11.9 Å². The van der Waals surface area contributed by atoms with Gasteiger partial charge in [0.15, 0.2) is 0 Å². The fourth-order valence-electron chi connectivity index (χ4n) is 3.05. The number of nitrogens with zero attached hydrogens (tertiary/aromatic N) is 2. The normalized spacial score (nSPS) is 15.9. The van der Waals surface area contributed by atoms with Gasteiger partial charge in [-0.3, -0.25) is 9.78 Å². The molecule has 26 heavy (non-hydrogen) atoms. The third-order valence-electron chi connectivity index (χ3n) is 4.37. The van der Waals surface area contributed by atoms with Crippen molar-refractivity contribution in [2.75, 3.05) is 12.4 Å². The van der Waals surface area contributed by atoms with Crippen LogP contribution >= 0.6 is 11.3 Å². The van der Waals surface area contributed by atoms with Gasteiger partial charge >= 0.3 is 5.97 Å². The Bertz CT molecular complexity index is 985. The molecular weight excluding hydrogens is 350 g/mol. The molecule has 1 atom stereocenters. The number of esters is 1. The summed E-state index contributed by atoms with van der Waals surface area (Å²) < 4.78 is 4.86. The fraction of sp³-hybridized carbons (Fsp3) is 0.158. The average molecular weight is 365 g/mol. The number of methoxy groups -OCH3 is 1. The van der Waals surface area contributed by atoms with E-state index in [0.717, 1.165) is 16.1 Å². The molecule has 4 rings (SSSR count). The molecule has 1 N–H and O–H groups in total. The minimum Gasteiger partial charge on any atom is -0.465 e. The molecule has 6 nitrogen and oxygen atoms in total.